The van der Waals surface area contributed by atoms with E-state index in [1.807, 2.05) is 0 Å². The third kappa shape index (κ3) is 2.53. The summed E-state index contributed by atoms with van der Waals surface area (Å²) in [7, 11) is 0. The molecule has 0 aromatic carbocycles. The molecular weight excluding hydrogens is 248 g/mol. The van der Waals surface area contributed by atoms with Crippen LogP contribution in [0.4, 0.5) is 0 Å². The maximum Gasteiger partial charge on any atom is 0.122 e. The first-order valence-corrected chi connectivity index (χ1v) is 8.31. The lowest BCUT2D eigenvalue weighted by Gasteiger charge is -2.29. The predicted molar refractivity (Wildman–Crippen MR) is 79.5 cm³/mol. The SMILES string of the molecule is CC1CC1c1ccc(C(CN)N(CC2CC2)C2CC2)o1. The maximum absolute atomic E-state index is 6.17. The average molecular weight is 274 g/mol. The summed E-state index contributed by atoms with van der Waals surface area (Å²) in [5.74, 6) is 4.68. The van der Waals surface area contributed by atoms with E-state index in [0.717, 1.165) is 23.6 Å². The molecule has 3 saturated carbocycles. The van der Waals surface area contributed by atoms with E-state index in [2.05, 4.69) is 24.0 Å². The molecule has 0 spiro atoms. The van der Waals surface area contributed by atoms with Gasteiger partial charge in [-0.2, -0.15) is 0 Å². The summed E-state index contributed by atoms with van der Waals surface area (Å²) in [6.45, 7) is 4.20. The van der Waals surface area contributed by atoms with Crippen molar-refractivity contribution in [1.29, 1.82) is 0 Å². The smallest absolute Gasteiger partial charge is 0.122 e. The average Bonchev–Trinajstić information content (AvgIpc) is 3.29. The molecule has 3 aliphatic carbocycles. The van der Waals surface area contributed by atoms with Crippen LogP contribution in [0.5, 0.6) is 0 Å². The minimum Gasteiger partial charge on any atom is -0.464 e. The minimum atomic E-state index is 0.297. The molecule has 0 radical (unpaired) electrons. The lowest BCUT2D eigenvalue weighted by molar-refractivity contribution is 0.160. The third-order valence-electron chi connectivity index (χ3n) is 5.26. The molecule has 0 aliphatic heterocycles. The summed E-state index contributed by atoms with van der Waals surface area (Å²) in [6, 6.07) is 5.43. The van der Waals surface area contributed by atoms with Crippen LogP contribution in [-0.2, 0) is 0 Å². The lowest BCUT2D eigenvalue weighted by atomic mass is 10.1. The fraction of sp³-hybridized carbons (Fsp3) is 0.765. The Kier molecular flexibility index (Phi) is 3.15. The lowest BCUT2D eigenvalue weighted by Crippen LogP contribution is -2.36. The first-order chi connectivity index (χ1) is 9.76. The van der Waals surface area contributed by atoms with Crippen LogP contribution in [0.25, 0.3) is 0 Å². The summed E-state index contributed by atoms with van der Waals surface area (Å²) in [4.78, 5) is 2.64. The van der Waals surface area contributed by atoms with Gasteiger partial charge in [-0.05, 0) is 56.1 Å². The van der Waals surface area contributed by atoms with Gasteiger partial charge in [0, 0.05) is 25.0 Å². The van der Waals surface area contributed by atoms with E-state index in [-0.39, 0.29) is 0 Å². The van der Waals surface area contributed by atoms with Gasteiger partial charge in [-0.3, -0.25) is 4.90 Å². The molecule has 1 aromatic rings. The van der Waals surface area contributed by atoms with Crippen LogP contribution in [-0.4, -0.2) is 24.0 Å². The fourth-order valence-electron chi connectivity index (χ4n) is 3.42. The van der Waals surface area contributed by atoms with Crippen molar-refractivity contribution in [2.24, 2.45) is 17.6 Å². The maximum atomic E-state index is 6.17. The highest BCUT2D eigenvalue weighted by Gasteiger charge is 2.40. The van der Waals surface area contributed by atoms with E-state index in [9.17, 15) is 0 Å². The monoisotopic (exact) mass is 274 g/mol. The predicted octanol–water partition coefficient (Wildman–Crippen LogP) is 3.28. The zero-order valence-corrected chi connectivity index (χ0v) is 12.4. The zero-order chi connectivity index (χ0) is 13.7. The molecule has 1 aromatic heterocycles. The number of nitrogens with two attached hydrogens (primary N) is 1. The summed E-state index contributed by atoms with van der Waals surface area (Å²) in [6.07, 6.45) is 6.79. The molecule has 110 valence electrons. The van der Waals surface area contributed by atoms with Gasteiger partial charge < -0.3 is 10.2 Å². The van der Waals surface area contributed by atoms with Crippen molar-refractivity contribution >= 4 is 0 Å². The number of rotatable bonds is 7. The van der Waals surface area contributed by atoms with Gasteiger partial charge in [0.2, 0.25) is 0 Å². The van der Waals surface area contributed by atoms with E-state index in [0.29, 0.717) is 18.5 Å². The van der Waals surface area contributed by atoms with Gasteiger partial charge in [-0.1, -0.05) is 6.92 Å². The normalized spacial score (nSPS) is 30.8. The quantitative estimate of drug-likeness (QED) is 0.829. The fourth-order valence-corrected chi connectivity index (χ4v) is 3.42. The molecule has 20 heavy (non-hydrogen) atoms. The van der Waals surface area contributed by atoms with Crippen molar-refractivity contribution in [1.82, 2.24) is 4.90 Å². The number of hydrogen-bond acceptors (Lipinski definition) is 3. The Hall–Kier alpha value is -0.800. The van der Waals surface area contributed by atoms with Crippen LogP contribution in [0.2, 0.25) is 0 Å². The second-order valence-corrected chi connectivity index (χ2v) is 7.18. The topological polar surface area (TPSA) is 42.4 Å². The van der Waals surface area contributed by atoms with Crippen LogP contribution in [0.3, 0.4) is 0 Å². The molecule has 3 fully saturated rings. The molecule has 3 atom stereocenters. The number of hydrogen-bond donors (Lipinski definition) is 1. The van der Waals surface area contributed by atoms with Crippen molar-refractivity contribution < 1.29 is 4.42 Å². The first kappa shape index (κ1) is 12.9. The molecule has 2 N–H and O–H groups in total. The van der Waals surface area contributed by atoms with Gasteiger partial charge in [-0.15, -0.1) is 0 Å². The first-order valence-electron chi connectivity index (χ1n) is 8.31. The van der Waals surface area contributed by atoms with Gasteiger partial charge in [0.05, 0.1) is 6.04 Å². The van der Waals surface area contributed by atoms with Gasteiger partial charge >= 0.3 is 0 Å². The highest BCUT2D eigenvalue weighted by molar-refractivity contribution is 5.20. The van der Waals surface area contributed by atoms with E-state index in [4.69, 9.17) is 10.2 Å². The second kappa shape index (κ2) is 4.88. The Morgan fingerprint density at radius 2 is 2.05 bits per heavy atom. The summed E-state index contributed by atoms with van der Waals surface area (Å²) in [5, 5.41) is 0. The molecule has 3 aliphatic rings. The third-order valence-corrected chi connectivity index (χ3v) is 5.26. The molecule has 4 rings (SSSR count). The Morgan fingerprint density at radius 3 is 2.60 bits per heavy atom. The largest absolute Gasteiger partial charge is 0.464 e. The Balaban J connectivity index is 1.51. The van der Waals surface area contributed by atoms with Gasteiger partial charge in [0.25, 0.3) is 0 Å². The molecule has 0 saturated heterocycles. The van der Waals surface area contributed by atoms with E-state index < -0.39 is 0 Å². The minimum absolute atomic E-state index is 0.297. The highest BCUT2D eigenvalue weighted by atomic mass is 16.3. The van der Waals surface area contributed by atoms with E-state index >= 15 is 0 Å². The summed E-state index contributed by atoms with van der Waals surface area (Å²) >= 11 is 0. The molecular formula is C17H26N2O. The highest BCUT2D eigenvalue weighted by Crippen LogP contribution is 2.48. The van der Waals surface area contributed by atoms with E-state index in [1.165, 1.54) is 44.4 Å². The van der Waals surface area contributed by atoms with Crippen molar-refractivity contribution in [3.8, 4) is 0 Å². The standard InChI is InChI=1S/C17H26N2O/c1-11-8-14(11)16-6-7-17(20-16)15(9-18)19(13-4-5-13)10-12-2-3-12/h6-7,11-15H,2-5,8-10,18H2,1H3. The van der Waals surface area contributed by atoms with E-state index in [1.54, 1.807) is 0 Å². The molecule has 0 bridgehead atoms. The number of furan rings is 1. The van der Waals surface area contributed by atoms with Crippen LogP contribution in [0.15, 0.2) is 16.5 Å². The van der Waals surface area contributed by atoms with Crippen LogP contribution < -0.4 is 5.73 Å². The Morgan fingerprint density at radius 1 is 1.30 bits per heavy atom. The second-order valence-electron chi connectivity index (χ2n) is 7.18. The Bertz CT molecular complexity index is 475. The van der Waals surface area contributed by atoms with Gasteiger partial charge in [-0.25, -0.2) is 0 Å². The summed E-state index contributed by atoms with van der Waals surface area (Å²) in [5.41, 5.74) is 6.09. The van der Waals surface area contributed by atoms with Crippen molar-refractivity contribution in [3.05, 3.63) is 23.7 Å². The van der Waals surface area contributed by atoms with Crippen molar-refractivity contribution in [3.63, 3.8) is 0 Å². The molecule has 0 amide bonds. The number of nitrogens with zero attached hydrogens (tertiary/aromatic N) is 1. The van der Waals surface area contributed by atoms with Crippen molar-refractivity contribution in [2.45, 2.75) is 57.0 Å². The molecule has 3 heteroatoms. The van der Waals surface area contributed by atoms with Gasteiger partial charge in [0.15, 0.2) is 0 Å². The molecule has 1 heterocycles. The molecule has 3 unspecified atom stereocenters. The summed E-state index contributed by atoms with van der Waals surface area (Å²) < 4.78 is 6.17. The molecule has 3 nitrogen and oxygen atoms in total. The van der Waals surface area contributed by atoms with Crippen molar-refractivity contribution in [2.75, 3.05) is 13.1 Å². The Labute approximate surface area is 121 Å². The van der Waals surface area contributed by atoms with Crippen LogP contribution in [0, 0.1) is 11.8 Å². The zero-order valence-electron chi connectivity index (χ0n) is 12.4. The van der Waals surface area contributed by atoms with Gasteiger partial charge in [0.1, 0.15) is 11.5 Å². The van der Waals surface area contributed by atoms with Crippen LogP contribution in [0.1, 0.15) is 62.5 Å². The van der Waals surface area contributed by atoms with Crippen LogP contribution >= 0.6 is 0 Å².